The molecule has 132 valence electrons. The number of carbonyl (C=O) groups excluding carboxylic acids is 1. The normalized spacial score (nSPS) is 11.1. The highest BCUT2D eigenvalue weighted by Crippen LogP contribution is 2.16. The number of nitro groups is 1. The second kappa shape index (κ2) is 8.01. The lowest BCUT2D eigenvalue weighted by atomic mass is 10.3. The van der Waals surface area contributed by atoms with Crippen molar-refractivity contribution in [1.82, 2.24) is 15.0 Å². The molecule has 11 heteroatoms. The lowest BCUT2D eigenvalue weighted by molar-refractivity contribution is -0.385. The topological polar surface area (TPSA) is 131 Å². The summed E-state index contributed by atoms with van der Waals surface area (Å²) in [4.78, 5) is 25.5. The summed E-state index contributed by atoms with van der Waals surface area (Å²) in [5, 5.41) is 13.5. The lowest BCUT2D eigenvalue weighted by Gasteiger charge is -2.08. The number of rotatable bonds is 7. The standard InChI is InChI=1S/C14H13ClN4O5S/c15-10-4-5-16-13(8-10)14(20)17-6-7-18-25(23,24)12-3-1-2-11(9-12)19(21)22/h1-5,8-9,18H,6-7H2,(H,17,20). The minimum Gasteiger partial charge on any atom is -0.349 e. The maximum Gasteiger partial charge on any atom is 0.270 e. The third-order valence-electron chi connectivity index (χ3n) is 3.00. The number of aromatic nitrogens is 1. The molecule has 0 aliphatic carbocycles. The molecule has 1 aromatic heterocycles. The Kier molecular flexibility index (Phi) is 6.02. The van der Waals surface area contributed by atoms with E-state index in [1.54, 1.807) is 0 Å². The maximum absolute atomic E-state index is 12.1. The van der Waals surface area contributed by atoms with Gasteiger partial charge in [0, 0.05) is 36.4 Å². The van der Waals surface area contributed by atoms with Gasteiger partial charge >= 0.3 is 0 Å². The van der Waals surface area contributed by atoms with Gasteiger partial charge in [-0.25, -0.2) is 13.1 Å². The lowest BCUT2D eigenvalue weighted by Crippen LogP contribution is -2.35. The molecular formula is C14H13ClN4O5S. The maximum atomic E-state index is 12.1. The summed E-state index contributed by atoms with van der Waals surface area (Å²) >= 11 is 5.75. The van der Waals surface area contributed by atoms with Crippen LogP contribution in [-0.2, 0) is 10.0 Å². The number of amides is 1. The fraction of sp³-hybridized carbons (Fsp3) is 0.143. The number of carbonyl (C=O) groups is 1. The molecule has 0 bridgehead atoms. The zero-order valence-corrected chi connectivity index (χ0v) is 14.2. The Balaban J connectivity index is 1.91. The largest absolute Gasteiger partial charge is 0.349 e. The van der Waals surface area contributed by atoms with Crippen LogP contribution in [-0.4, -0.2) is 37.3 Å². The highest BCUT2D eigenvalue weighted by molar-refractivity contribution is 7.89. The second-order valence-corrected chi connectivity index (χ2v) is 6.97. The first kappa shape index (κ1) is 18.8. The fourth-order valence-electron chi connectivity index (χ4n) is 1.83. The molecule has 2 rings (SSSR count). The van der Waals surface area contributed by atoms with Crippen molar-refractivity contribution in [3.8, 4) is 0 Å². The van der Waals surface area contributed by atoms with Gasteiger partial charge in [-0.2, -0.15) is 0 Å². The van der Waals surface area contributed by atoms with E-state index >= 15 is 0 Å². The van der Waals surface area contributed by atoms with Crippen LogP contribution in [0.2, 0.25) is 5.02 Å². The highest BCUT2D eigenvalue weighted by atomic mass is 35.5. The molecule has 0 unspecified atom stereocenters. The first-order valence-electron chi connectivity index (χ1n) is 6.93. The van der Waals surface area contributed by atoms with Gasteiger partial charge in [0.1, 0.15) is 5.69 Å². The molecule has 1 heterocycles. The number of sulfonamides is 1. The summed E-state index contributed by atoms with van der Waals surface area (Å²) in [5.74, 6) is -0.503. The van der Waals surface area contributed by atoms with E-state index in [4.69, 9.17) is 11.6 Å². The molecule has 0 radical (unpaired) electrons. The van der Waals surface area contributed by atoms with E-state index < -0.39 is 20.9 Å². The van der Waals surface area contributed by atoms with Crippen molar-refractivity contribution in [2.24, 2.45) is 0 Å². The van der Waals surface area contributed by atoms with Crippen LogP contribution in [0.1, 0.15) is 10.5 Å². The number of hydrogen-bond donors (Lipinski definition) is 2. The summed E-state index contributed by atoms with van der Waals surface area (Å²) in [5.41, 5.74) is -0.225. The van der Waals surface area contributed by atoms with Crippen LogP contribution in [0.5, 0.6) is 0 Å². The van der Waals surface area contributed by atoms with Gasteiger partial charge in [-0.15, -0.1) is 0 Å². The summed E-state index contributed by atoms with van der Waals surface area (Å²) in [6.07, 6.45) is 1.38. The van der Waals surface area contributed by atoms with Crippen LogP contribution in [0.4, 0.5) is 5.69 Å². The summed E-state index contributed by atoms with van der Waals surface area (Å²) < 4.78 is 26.4. The third-order valence-corrected chi connectivity index (χ3v) is 4.69. The number of non-ortho nitro benzene ring substituents is 1. The summed E-state index contributed by atoms with van der Waals surface area (Å²) in [6, 6.07) is 7.56. The number of nitro benzene ring substituents is 1. The molecule has 0 spiro atoms. The smallest absolute Gasteiger partial charge is 0.270 e. The Morgan fingerprint density at radius 1 is 1.24 bits per heavy atom. The first-order chi connectivity index (χ1) is 11.8. The average Bonchev–Trinajstić information content (AvgIpc) is 2.58. The highest BCUT2D eigenvalue weighted by Gasteiger charge is 2.17. The van der Waals surface area contributed by atoms with Crippen molar-refractivity contribution < 1.29 is 18.1 Å². The Hall–Kier alpha value is -2.56. The van der Waals surface area contributed by atoms with Crippen molar-refractivity contribution in [2.75, 3.05) is 13.1 Å². The molecule has 0 fully saturated rings. The molecular weight excluding hydrogens is 372 g/mol. The Morgan fingerprint density at radius 3 is 2.68 bits per heavy atom. The molecule has 0 saturated carbocycles. The van der Waals surface area contributed by atoms with Gasteiger partial charge < -0.3 is 5.32 Å². The first-order valence-corrected chi connectivity index (χ1v) is 8.79. The summed E-state index contributed by atoms with van der Waals surface area (Å²) in [6.45, 7) is -0.0987. The fourth-order valence-corrected chi connectivity index (χ4v) is 3.06. The third kappa shape index (κ3) is 5.21. The van der Waals surface area contributed by atoms with Crippen molar-refractivity contribution in [3.05, 3.63) is 63.4 Å². The van der Waals surface area contributed by atoms with Gasteiger partial charge in [0.25, 0.3) is 11.6 Å². The quantitative estimate of drug-likeness (QED) is 0.421. The predicted molar refractivity (Wildman–Crippen MR) is 89.9 cm³/mol. The minimum atomic E-state index is -3.93. The number of nitrogens with zero attached hydrogens (tertiary/aromatic N) is 2. The van der Waals surface area contributed by atoms with E-state index in [1.165, 1.54) is 36.5 Å². The van der Waals surface area contributed by atoms with Crippen LogP contribution >= 0.6 is 11.6 Å². The van der Waals surface area contributed by atoms with Gasteiger partial charge in [-0.3, -0.25) is 19.9 Å². The number of halogens is 1. The molecule has 1 amide bonds. The molecule has 9 nitrogen and oxygen atoms in total. The van der Waals surface area contributed by atoms with E-state index in [9.17, 15) is 23.3 Å². The van der Waals surface area contributed by atoms with E-state index in [2.05, 4.69) is 15.0 Å². The Labute approximate surface area is 148 Å². The monoisotopic (exact) mass is 384 g/mol. The SMILES string of the molecule is O=C(NCCNS(=O)(=O)c1cccc([N+](=O)[O-])c1)c1cc(Cl)ccn1. The van der Waals surface area contributed by atoms with Crippen LogP contribution in [0.25, 0.3) is 0 Å². The van der Waals surface area contributed by atoms with Crippen molar-refractivity contribution >= 4 is 33.2 Å². The van der Waals surface area contributed by atoms with Crippen molar-refractivity contribution in [3.63, 3.8) is 0 Å². The van der Waals surface area contributed by atoms with E-state index in [0.717, 1.165) is 6.07 Å². The molecule has 2 aromatic rings. The van der Waals surface area contributed by atoms with Gasteiger partial charge in [0.15, 0.2) is 0 Å². The molecule has 25 heavy (non-hydrogen) atoms. The zero-order chi connectivity index (χ0) is 18.4. The number of pyridine rings is 1. The molecule has 0 aliphatic heterocycles. The van der Waals surface area contributed by atoms with E-state index in [0.29, 0.717) is 5.02 Å². The molecule has 1 aromatic carbocycles. The van der Waals surface area contributed by atoms with Gasteiger partial charge in [0.05, 0.1) is 9.82 Å². The molecule has 0 saturated heterocycles. The molecule has 2 N–H and O–H groups in total. The van der Waals surface area contributed by atoms with Crippen LogP contribution in [0, 0.1) is 10.1 Å². The van der Waals surface area contributed by atoms with Crippen LogP contribution in [0.3, 0.4) is 0 Å². The zero-order valence-electron chi connectivity index (χ0n) is 12.7. The number of benzene rings is 1. The second-order valence-electron chi connectivity index (χ2n) is 4.77. The molecule has 0 atom stereocenters. The number of hydrogen-bond acceptors (Lipinski definition) is 6. The van der Waals surface area contributed by atoms with Crippen molar-refractivity contribution in [1.29, 1.82) is 0 Å². The van der Waals surface area contributed by atoms with Crippen LogP contribution < -0.4 is 10.0 Å². The minimum absolute atomic E-state index is 0.00117. The average molecular weight is 385 g/mol. The van der Waals surface area contributed by atoms with Crippen molar-refractivity contribution in [2.45, 2.75) is 4.90 Å². The van der Waals surface area contributed by atoms with E-state index in [1.807, 2.05) is 0 Å². The van der Waals surface area contributed by atoms with Crippen LogP contribution in [0.15, 0.2) is 47.5 Å². The van der Waals surface area contributed by atoms with Gasteiger partial charge in [0.2, 0.25) is 10.0 Å². The number of nitrogens with one attached hydrogen (secondary N) is 2. The molecule has 0 aliphatic rings. The van der Waals surface area contributed by atoms with E-state index in [-0.39, 0.29) is 29.4 Å². The Morgan fingerprint density at radius 2 is 2.00 bits per heavy atom. The summed E-state index contributed by atoms with van der Waals surface area (Å²) in [7, 11) is -3.93. The van der Waals surface area contributed by atoms with Gasteiger partial charge in [-0.1, -0.05) is 17.7 Å². The predicted octanol–water partition coefficient (Wildman–Crippen LogP) is 1.35. The van der Waals surface area contributed by atoms with Gasteiger partial charge in [-0.05, 0) is 18.2 Å². The Bertz CT molecular complexity index is 904.